The summed E-state index contributed by atoms with van der Waals surface area (Å²) in [5.74, 6) is -0.324. The number of anilines is 1. The highest BCUT2D eigenvalue weighted by molar-refractivity contribution is 6.08. The minimum atomic E-state index is -0.454. The van der Waals surface area contributed by atoms with Crippen LogP contribution in [0.25, 0.3) is 0 Å². The number of methoxy groups -OCH3 is 1. The van der Waals surface area contributed by atoms with Crippen molar-refractivity contribution in [1.82, 2.24) is 0 Å². The molecule has 2 aromatic carbocycles. The molecule has 2 aromatic rings. The van der Waals surface area contributed by atoms with Crippen LogP contribution < -0.4 is 15.4 Å². The van der Waals surface area contributed by atoms with E-state index in [0.29, 0.717) is 18.8 Å². The van der Waals surface area contributed by atoms with Gasteiger partial charge < -0.3 is 15.4 Å². The zero-order valence-electron chi connectivity index (χ0n) is 13.0. The average molecular weight is 314 g/mol. The predicted molar refractivity (Wildman–Crippen MR) is 87.3 cm³/mol. The van der Waals surface area contributed by atoms with Gasteiger partial charge in [-0.1, -0.05) is 12.1 Å². The Labute approximate surface area is 134 Å². The Hall–Kier alpha value is -2.40. The number of halogens is 1. The van der Waals surface area contributed by atoms with Gasteiger partial charge in [0.2, 0.25) is 0 Å². The smallest absolute Gasteiger partial charge is 0.262 e. The maximum Gasteiger partial charge on any atom is 0.262 e. The second kappa shape index (κ2) is 6.38. The third-order valence-electron chi connectivity index (χ3n) is 4.14. The highest BCUT2D eigenvalue weighted by Crippen LogP contribution is 2.31. The zero-order chi connectivity index (χ0) is 16.4. The van der Waals surface area contributed by atoms with Crippen molar-refractivity contribution >= 4 is 11.6 Å². The fraction of sp³-hybridized carbons (Fsp3) is 0.278. The summed E-state index contributed by atoms with van der Waals surface area (Å²) in [5, 5.41) is 0. The third-order valence-corrected chi connectivity index (χ3v) is 4.14. The lowest BCUT2D eigenvalue weighted by Gasteiger charge is -2.30. The number of fused-ring (bicyclic) bond motifs is 1. The fourth-order valence-corrected chi connectivity index (χ4v) is 2.98. The van der Waals surface area contributed by atoms with Crippen LogP contribution in [0.4, 0.5) is 10.1 Å². The molecule has 1 aliphatic heterocycles. The summed E-state index contributed by atoms with van der Waals surface area (Å²) in [6, 6.07) is 9.87. The minimum absolute atomic E-state index is 0.239. The van der Waals surface area contributed by atoms with E-state index in [1.165, 1.54) is 25.3 Å². The molecular formula is C18H19FN2O2. The van der Waals surface area contributed by atoms with E-state index in [1.54, 1.807) is 4.90 Å². The molecule has 5 heteroatoms. The van der Waals surface area contributed by atoms with Crippen molar-refractivity contribution in [3.63, 3.8) is 0 Å². The normalized spacial score (nSPS) is 13.6. The first-order chi connectivity index (χ1) is 11.1. The third kappa shape index (κ3) is 2.92. The number of hydrogen-bond donors (Lipinski definition) is 1. The Bertz CT molecular complexity index is 746. The lowest BCUT2D eigenvalue weighted by molar-refractivity contribution is 0.0981. The molecule has 3 rings (SSSR count). The first-order valence-corrected chi connectivity index (χ1v) is 7.61. The first kappa shape index (κ1) is 15.5. The van der Waals surface area contributed by atoms with Gasteiger partial charge in [0, 0.05) is 18.8 Å². The van der Waals surface area contributed by atoms with E-state index < -0.39 is 5.82 Å². The Morgan fingerprint density at radius 3 is 2.87 bits per heavy atom. The Morgan fingerprint density at radius 1 is 1.30 bits per heavy atom. The van der Waals surface area contributed by atoms with Gasteiger partial charge in [-0.05, 0) is 48.2 Å². The summed E-state index contributed by atoms with van der Waals surface area (Å²) in [6.07, 6.45) is 1.78. The molecule has 0 aromatic heterocycles. The Morgan fingerprint density at radius 2 is 2.13 bits per heavy atom. The highest BCUT2D eigenvalue weighted by atomic mass is 19.1. The van der Waals surface area contributed by atoms with Crippen LogP contribution in [0.1, 0.15) is 27.9 Å². The molecule has 1 heterocycles. The molecule has 0 aliphatic carbocycles. The number of ether oxygens (including phenoxy) is 1. The predicted octanol–water partition coefficient (Wildman–Crippen LogP) is 2.89. The maximum absolute atomic E-state index is 13.6. The van der Waals surface area contributed by atoms with Crippen molar-refractivity contribution in [3.05, 3.63) is 58.9 Å². The first-order valence-electron chi connectivity index (χ1n) is 7.61. The molecule has 0 radical (unpaired) electrons. The van der Waals surface area contributed by atoms with Crippen LogP contribution in [0.5, 0.6) is 5.75 Å². The summed E-state index contributed by atoms with van der Waals surface area (Å²) in [4.78, 5) is 14.6. The molecule has 0 bridgehead atoms. The quantitative estimate of drug-likeness (QED) is 0.948. The standard InChI is InChI=1S/C18H19FN2O2/c1-23-17-7-5-14(19)10-15(17)18(22)21-8-2-3-13-9-12(11-20)4-6-16(13)21/h4-7,9-10H,2-3,8,11,20H2,1H3. The van der Waals surface area contributed by atoms with Gasteiger partial charge in [0.25, 0.3) is 5.91 Å². The Kier molecular flexibility index (Phi) is 4.30. The minimum Gasteiger partial charge on any atom is -0.496 e. The van der Waals surface area contributed by atoms with E-state index >= 15 is 0 Å². The largest absolute Gasteiger partial charge is 0.496 e. The van der Waals surface area contributed by atoms with Gasteiger partial charge in [0.15, 0.2) is 0 Å². The number of hydrogen-bond acceptors (Lipinski definition) is 3. The Balaban J connectivity index is 2.01. The van der Waals surface area contributed by atoms with Crippen molar-refractivity contribution in [1.29, 1.82) is 0 Å². The van der Waals surface area contributed by atoms with Crippen LogP contribution >= 0.6 is 0 Å². The van der Waals surface area contributed by atoms with Crippen LogP contribution in [-0.2, 0) is 13.0 Å². The molecule has 4 nitrogen and oxygen atoms in total. The summed E-state index contributed by atoms with van der Waals surface area (Å²) in [6.45, 7) is 1.08. The molecule has 1 amide bonds. The van der Waals surface area contributed by atoms with E-state index in [9.17, 15) is 9.18 Å². The van der Waals surface area contributed by atoms with Crippen LogP contribution in [-0.4, -0.2) is 19.6 Å². The van der Waals surface area contributed by atoms with E-state index in [0.717, 1.165) is 29.7 Å². The van der Waals surface area contributed by atoms with Crippen LogP contribution in [0, 0.1) is 5.82 Å². The number of aryl methyl sites for hydroxylation is 1. The number of amides is 1. The molecule has 120 valence electrons. The van der Waals surface area contributed by atoms with Crippen molar-refractivity contribution in [2.24, 2.45) is 5.73 Å². The van der Waals surface area contributed by atoms with Gasteiger partial charge in [-0.3, -0.25) is 4.79 Å². The van der Waals surface area contributed by atoms with Crippen molar-refractivity contribution in [3.8, 4) is 5.75 Å². The maximum atomic E-state index is 13.6. The molecule has 2 N–H and O–H groups in total. The molecule has 0 saturated carbocycles. The average Bonchev–Trinajstić information content (AvgIpc) is 2.60. The summed E-state index contributed by atoms with van der Waals surface area (Å²) < 4.78 is 18.8. The molecule has 0 atom stereocenters. The van der Waals surface area contributed by atoms with E-state index in [4.69, 9.17) is 10.5 Å². The summed E-state index contributed by atoms with van der Waals surface area (Å²) >= 11 is 0. The number of carbonyl (C=O) groups excluding carboxylic acids is 1. The van der Waals surface area contributed by atoms with Crippen LogP contribution in [0.2, 0.25) is 0 Å². The van der Waals surface area contributed by atoms with Crippen molar-refractivity contribution < 1.29 is 13.9 Å². The van der Waals surface area contributed by atoms with Gasteiger partial charge >= 0.3 is 0 Å². The second-order valence-corrected chi connectivity index (χ2v) is 5.57. The van der Waals surface area contributed by atoms with Gasteiger partial charge in [-0.2, -0.15) is 0 Å². The molecule has 23 heavy (non-hydrogen) atoms. The van der Waals surface area contributed by atoms with E-state index in [-0.39, 0.29) is 11.5 Å². The molecule has 0 saturated heterocycles. The van der Waals surface area contributed by atoms with E-state index in [2.05, 4.69) is 0 Å². The van der Waals surface area contributed by atoms with Crippen molar-refractivity contribution in [2.75, 3.05) is 18.6 Å². The van der Waals surface area contributed by atoms with Crippen molar-refractivity contribution in [2.45, 2.75) is 19.4 Å². The van der Waals surface area contributed by atoms with Gasteiger partial charge in [-0.15, -0.1) is 0 Å². The van der Waals surface area contributed by atoms with Crippen LogP contribution in [0.3, 0.4) is 0 Å². The van der Waals surface area contributed by atoms with Gasteiger partial charge in [0.1, 0.15) is 11.6 Å². The fourth-order valence-electron chi connectivity index (χ4n) is 2.98. The molecular weight excluding hydrogens is 295 g/mol. The SMILES string of the molecule is COc1ccc(F)cc1C(=O)N1CCCc2cc(CN)ccc21. The van der Waals surface area contributed by atoms with Gasteiger partial charge in [-0.25, -0.2) is 4.39 Å². The molecule has 0 spiro atoms. The molecule has 1 aliphatic rings. The summed E-state index contributed by atoms with van der Waals surface area (Å²) in [7, 11) is 1.47. The number of nitrogens with two attached hydrogens (primary N) is 1. The van der Waals surface area contributed by atoms with Crippen LogP contribution in [0.15, 0.2) is 36.4 Å². The van der Waals surface area contributed by atoms with Gasteiger partial charge in [0.05, 0.1) is 12.7 Å². The number of carbonyl (C=O) groups is 1. The number of rotatable bonds is 3. The monoisotopic (exact) mass is 314 g/mol. The second-order valence-electron chi connectivity index (χ2n) is 5.57. The summed E-state index contributed by atoms with van der Waals surface area (Å²) in [5.41, 5.74) is 8.93. The van der Waals surface area contributed by atoms with E-state index in [1.807, 2.05) is 18.2 Å². The highest BCUT2D eigenvalue weighted by Gasteiger charge is 2.26. The molecule has 0 fully saturated rings. The zero-order valence-corrected chi connectivity index (χ0v) is 13.0. The lowest BCUT2D eigenvalue weighted by atomic mass is 9.98. The number of nitrogens with zero attached hydrogens (tertiary/aromatic N) is 1. The number of benzene rings is 2. The lowest BCUT2D eigenvalue weighted by Crippen LogP contribution is -2.35. The topological polar surface area (TPSA) is 55.6 Å². The molecule has 0 unspecified atom stereocenters.